The van der Waals surface area contributed by atoms with Gasteiger partial charge in [-0.2, -0.15) is 5.26 Å². The molecule has 5 heteroatoms. The van der Waals surface area contributed by atoms with Gasteiger partial charge in [-0.1, -0.05) is 12.8 Å². The van der Waals surface area contributed by atoms with E-state index in [4.69, 9.17) is 4.74 Å². The molecule has 3 rings (SSSR count). The van der Waals surface area contributed by atoms with Crippen molar-refractivity contribution in [2.75, 3.05) is 20.2 Å². The van der Waals surface area contributed by atoms with Crippen LogP contribution in [0, 0.1) is 22.7 Å². The predicted molar refractivity (Wildman–Crippen MR) is 93.1 cm³/mol. The van der Waals surface area contributed by atoms with Gasteiger partial charge in [-0.05, 0) is 49.9 Å². The van der Waals surface area contributed by atoms with Crippen molar-refractivity contribution in [2.24, 2.45) is 11.3 Å². The molecular weight excluding hydrogens is 316 g/mol. The van der Waals surface area contributed by atoms with Gasteiger partial charge in [0.05, 0.1) is 13.2 Å². The summed E-state index contributed by atoms with van der Waals surface area (Å²) >= 11 is 0. The summed E-state index contributed by atoms with van der Waals surface area (Å²) in [6.45, 7) is 1.13. The van der Waals surface area contributed by atoms with Crippen LogP contribution in [0.4, 0.5) is 0 Å². The maximum Gasteiger partial charge on any atom is 0.243 e. The van der Waals surface area contributed by atoms with E-state index in [1.54, 1.807) is 36.3 Å². The number of nitrogens with zero attached hydrogens (tertiary/aromatic N) is 2. The molecule has 0 radical (unpaired) electrons. The number of likely N-dealkylation sites (tertiary alicyclic amines) is 1. The van der Waals surface area contributed by atoms with Gasteiger partial charge in [0.15, 0.2) is 5.78 Å². The number of rotatable bonds is 4. The topological polar surface area (TPSA) is 70.4 Å². The average molecular weight is 340 g/mol. The van der Waals surface area contributed by atoms with Gasteiger partial charge in [0.25, 0.3) is 0 Å². The van der Waals surface area contributed by atoms with Crippen molar-refractivity contribution in [3.05, 3.63) is 29.8 Å². The van der Waals surface area contributed by atoms with Crippen LogP contribution in [0.3, 0.4) is 0 Å². The molecule has 1 heterocycles. The average Bonchev–Trinajstić information content (AvgIpc) is 3.17. The lowest BCUT2D eigenvalue weighted by Gasteiger charge is -2.35. The van der Waals surface area contributed by atoms with E-state index >= 15 is 0 Å². The number of piperidine rings is 1. The highest BCUT2D eigenvalue weighted by molar-refractivity contribution is 5.98. The van der Waals surface area contributed by atoms with Crippen LogP contribution < -0.4 is 4.74 Å². The Bertz CT molecular complexity index is 676. The Kier molecular flexibility index (Phi) is 5.08. The number of benzene rings is 1. The maximum absolute atomic E-state index is 12.8. The van der Waals surface area contributed by atoms with Crippen LogP contribution in [-0.2, 0) is 4.79 Å². The van der Waals surface area contributed by atoms with Crippen LogP contribution in [0.25, 0.3) is 0 Å². The second-order valence-electron chi connectivity index (χ2n) is 7.06. The van der Waals surface area contributed by atoms with E-state index in [1.807, 2.05) is 0 Å². The number of carbonyl (C=O) groups is 2. The van der Waals surface area contributed by atoms with Gasteiger partial charge in [-0.25, -0.2) is 0 Å². The number of hydrogen-bond acceptors (Lipinski definition) is 4. The molecule has 5 nitrogen and oxygen atoms in total. The van der Waals surface area contributed by atoms with Crippen molar-refractivity contribution in [1.82, 2.24) is 4.90 Å². The Balaban J connectivity index is 1.60. The van der Waals surface area contributed by atoms with Crippen molar-refractivity contribution in [3.8, 4) is 11.8 Å². The minimum Gasteiger partial charge on any atom is -0.497 e. The quantitative estimate of drug-likeness (QED) is 0.789. The molecule has 1 aromatic carbocycles. The lowest BCUT2D eigenvalue weighted by atomic mass is 9.84. The summed E-state index contributed by atoms with van der Waals surface area (Å²) in [7, 11) is 1.60. The molecule has 1 saturated carbocycles. The molecule has 1 aliphatic heterocycles. The standard InChI is InChI=1S/C20H24N2O3/c1-25-17-6-4-15(5-7-17)18(23)16-8-12-22(13-9-16)19(24)20(14-21)10-2-3-11-20/h4-7,16H,2-3,8-13H2,1H3. The van der Waals surface area contributed by atoms with Gasteiger partial charge in [0.2, 0.25) is 5.91 Å². The molecule has 25 heavy (non-hydrogen) atoms. The molecule has 132 valence electrons. The predicted octanol–water partition coefficient (Wildman–Crippen LogP) is 3.20. The van der Waals surface area contributed by atoms with Crippen molar-refractivity contribution >= 4 is 11.7 Å². The third kappa shape index (κ3) is 3.39. The van der Waals surface area contributed by atoms with Crippen LogP contribution >= 0.6 is 0 Å². The summed E-state index contributed by atoms with van der Waals surface area (Å²) in [6, 6.07) is 9.45. The fourth-order valence-corrected chi connectivity index (χ4v) is 3.99. The summed E-state index contributed by atoms with van der Waals surface area (Å²) in [6.07, 6.45) is 4.58. The van der Waals surface area contributed by atoms with Crippen LogP contribution in [-0.4, -0.2) is 36.8 Å². The van der Waals surface area contributed by atoms with E-state index < -0.39 is 5.41 Å². The van der Waals surface area contributed by atoms with Crippen LogP contribution in [0.5, 0.6) is 5.75 Å². The van der Waals surface area contributed by atoms with Crippen molar-refractivity contribution in [2.45, 2.75) is 38.5 Å². The van der Waals surface area contributed by atoms with Gasteiger partial charge in [0.1, 0.15) is 11.2 Å². The first-order valence-electron chi connectivity index (χ1n) is 8.98. The number of Topliss-reactive ketones (excluding diaryl/α,β-unsaturated/α-hetero) is 1. The Hall–Kier alpha value is -2.35. The molecule has 0 atom stereocenters. The first-order valence-corrected chi connectivity index (χ1v) is 8.98. The highest BCUT2D eigenvalue weighted by Gasteiger charge is 2.44. The van der Waals surface area contributed by atoms with Crippen molar-refractivity contribution in [3.63, 3.8) is 0 Å². The molecule has 0 bridgehead atoms. The second kappa shape index (κ2) is 7.26. The Morgan fingerprint density at radius 3 is 2.28 bits per heavy atom. The van der Waals surface area contributed by atoms with Crippen molar-refractivity contribution < 1.29 is 14.3 Å². The smallest absolute Gasteiger partial charge is 0.243 e. The van der Waals surface area contributed by atoms with E-state index in [0.717, 1.165) is 18.6 Å². The molecule has 1 aliphatic carbocycles. The number of nitriles is 1. The van der Waals surface area contributed by atoms with Crippen LogP contribution in [0.15, 0.2) is 24.3 Å². The van der Waals surface area contributed by atoms with Crippen LogP contribution in [0.2, 0.25) is 0 Å². The normalized spacial score (nSPS) is 20.1. The Labute approximate surface area is 148 Å². The highest BCUT2D eigenvalue weighted by atomic mass is 16.5. The van der Waals surface area contributed by atoms with Gasteiger partial charge < -0.3 is 9.64 Å². The second-order valence-corrected chi connectivity index (χ2v) is 7.06. The molecule has 1 saturated heterocycles. The van der Waals surface area contributed by atoms with Crippen molar-refractivity contribution in [1.29, 1.82) is 5.26 Å². The van der Waals surface area contributed by atoms with Gasteiger partial charge in [-0.15, -0.1) is 0 Å². The lowest BCUT2D eigenvalue weighted by Crippen LogP contribution is -2.46. The number of ether oxygens (including phenoxy) is 1. The molecule has 2 fully saturated rings. The van der Waals surface area contributed by atoms with E-state index in [1.165, 1.54) is 0 Å². The molecule has 0 aromatic heterocycles. The molecule has 1 aromatic rings. The summed E-state index contributed by atoms with van der Waals surface area (Å²) in [5.74, 6) is 0.780. The first kappa shape index (κ1) is 17.5. The molecular formula is C20H24N2O3. The van der Waals surface area contributed by atoms with Crippen LogP contribution in [0.1, 0.15) is 48.9 Å². The number of methoxy groups -OCH3 is 1. The maximum atomic E-state index is 12.8. The zero-order valence-electron chi connectivity index (χ0n) is 14.7. The number of ketones is 1. The molecule has 2 aliphatic rings. The third-order valence-electron chi connectivity index (χ3n) is 5.61. The molecule has 0 N–H and O–H groups in total. The summed E-state index contributed by atoms with van der Waals surface area (Å²) in [5, 5.41) is 9.49. The van der Waals surface area contributed by atoms with E-state index in [0.29, 0.717) is 44.3 Å². The fraction of sp³-hybridized carbons (Fsp3) is 0.550. The molecule has 0 spiro atoms. The summed E-state index contributed by atoms with van der Waals surface area (Å²) in [5.41, 5.74) is -0.123. The zero-order valence-corrected chi connectivity index (χ0v) is 14.7. The van der Waals surface area contributed by atoms with Gasteiger partial charge in [0, 0.05) is 24.6 Å². The van der Waals surface area contributed by atoms with E-state index in [-0.39, 0.29) is 17.6 Å². The first-order chi connectivity index (χ1) is 12.1. The summed E-state index contributed by atoms with van der Waals surface area (Å²) in [4.78, 5) is 27.2. The largest absolute Gasteiger partial charge is 0.497 e. The number of hydrogen-bond donors (Lipinski definition) is 0. The van der Waals surface area contributed by atoms with Gasteiger partial charge >= 0.3 is 0 Å². The third-order valence-corrected chi connectivity index (χ3v) is 5.61. The lowest BCUT2D eigenvalue weighted by molar-refractivity contribution is -0.140. The number of carbonyl (C=O) groups excluding carboxylic acids is 2. The van der Waals surface area contributed by atoms with Gasteiger partial charge in [-0.3, -0.25) is 9.59 Å². The number of amides is 1. The minimum absolute atomic E-state index is 0.0251. The Morgan fingerprint density at radius 2 is 1.76 bits per heavy atom. The zero-order chi connectivity index (χ0) is 17.9. The molecule has 1 amide bonds. The SMILES string of the molecule is COc1ccc(C(=O)C2CCN(C(=O)C3(C#N)CCCC3)CC2)cc1. The van der Waals surface area contributed by atoms with E-state index in [9.17, 15) is 14.9 Å². The molecule has 0 unspecified atom stereocenters. The highest BCUT2D eigenvalue weighted by Crippen LogP contribution is 2.40. The summed E-state index contributed by atoms with van der Waals surface area (Å²) < 4.78 is 5.12. The van der Waals surface area contributed by atoms with E-state index in [2.05, 4.69) is 6.07 Å². The minimum atomic E-state index is -0.813. The Morgan fingerprint density at radius 1 is 1.16 bits per heavy atom. The fourth-order valence-electron chi connectivity index (χ4n) is 3.99. The monoisotopic (exact) mass is 340 g/mol.